The van der Waals surface area contributed by atoms with Crippen LogP contribution in [0.15, 0.2) is 53.4 Å². The van der Waals surface area contributed by atoms with Crippen molar-refractivity contribution in [3.63, 3.8) is 0 Å². The number of anilines is 1. The highest BCUT2D eigenvalue weighted by atomic mass is 32.2. The number of hydrogen-bond acceptors (Lipinski definition) is 4. The number of rotatable bonds is 6. The van der Waals surface area contributed by atoms with Gasteiger partial charge in [0, 0.05) is 31.9 Å². The van der Waals surface area contributed by atoms with Gasteiger partial charge in [0.05, 0.1) is 12.0 Å². The molecule has 1 atom stereocenters. The molecule has 0 radical (unpaired) electrons. The van der Waals surface area contributed by atoms with Crippen molar-refractivity contribution in [3.05, 3.63) is 54.1 Å². The fourth-order valence-electron chi connectivity index (χ4n) is 3.36. The minimum absolute atomic E-state index is 0.277. The van der Waals surface area contributed by atoms with Gasteiger partial charge in [-0.05, 0) is 66.5 Å². The van der Waals surface area contributed by atoms with E-state index in [-0.39, 0.29) is 4.90 Å². The van der Waals surface area contributed by atoms with Gasteiger partial charge in [-0.25, -0.2) is 8.42 Å². The van der Waals surface area contributed by atoms with Gasteiger partial charge in [0.1, 0.15) is 5.75 Å². The highest BCUT2D eigenvalue weighted by Gasteiger charge is 2.29. The molecule has 1 aliphatic heterocycles. The van der Waals surface area contributed by atoms with Gasteiger partial charge in [0.2, 0.25) is 10.0 Å². The lowest BCUT2D eigenvalue weighted by Gasteiger charge is -2.35. The maximum absolute atomic E-state index is 12.9. The summed E-state index contributed by atoms with van der Waals surface area (Å²) in [6, 6.07) is 14.8. The molecule has 0 saturated carbocycles. The Bertz CT molecular complexity index is 952. The molecule has 2 aromatic rings. The summed E-state index contributed by atoms with van der Waals surface area (Å²) in [6.07, 6.45) is 1.11. The largest absolute Gasteiger partial charge is 0.497 e. The van der Waals surface area contributed by atoms with Gasteiger partial charge >= 0.3 is 0 Å². The molecule has 1 N–H and O–H groups in total. The Kier molecular flexibility index (Phi) is 7.33. The molecule has 6 nitrogen and oxygen atoms in total. The predicted octanol–water partition coefficient (Wildman–Crippen LogP) is 3.91. The van der Waals surface area contributed by atoms with Crippen LogP contribution in [0.25, 0.3) is 0 Å². The highest BCUT2D eigenvalue weighted by Crippen LogP contribution is 2.22. The van der Waals surface area contributed by atoms with Crippen molar-refractivity contribution in [2.45, 2.75) is 31.1 Å². The van der Waals surface area contributed by atoms with E-state index in [1.165, 1.54) is 9.87 Å². The summed E-state index contributed by atoms with van der Waals surface area (Å²) in [6.45, 7) is 6.28. The quantitative estimate of drug-likeness (QED) is 0.678. The van der Waals surface area contributed by atoms with E-state index in [2.05, 4.69) is 31.3 Å². The SMILES string of the molecule is CCC(C)c1ccc(NC(=S)N2CCN(S(=O)(=O)c3ccc(OC)cc3)CC2)cc1. The molecule has 1 unspecified atom stereocenters. The van der Waals surface area contributed by atoms with Gasteiger partial charge in [0.25, 0.3) is 0 Å². The minimum atomic E-state index is -3.52. The van der Waals surface area contributed by atoms with Crippen LogP contribution < -0.4 is 10.1 Å². The summed E-state index contributed by atoms with van der Waals surface area (Å²) >= 11 is 5.55. The fourth-order valence-corrected chi connectivity index (χ4v) is 5.08. The summed E-state index contributed by atoms with van der Waals surface area (Å²) in [4.78, 5) is 2.29. The fraction of sp³-hybridized carbons (Fsp3) is 0.409. The molecule has 2 aromatic carbocycles. The average molecular weight is 448 g/mol. The first-order chi connectivity index (χ1) is 14.3. The first-order valence-electron chi connectivity index (χ1n) is 10.1. The number of methoxy groups -OCH3 is 1. The van der Waals surface area contributed by atoms with E-state index in [4.69, 9.17) is 17.0 Å². The Balaban J connectivity index is 1.57. The maximum Gasteiger partial charge on any atom is 0.243 e. The van der Waals surface area contributed by atoms with Gasteiger partial charge in [-0.3, -0.25) is 0 Å². The van der Waals surface area contributed by atoms with Crippen molar-refractivity contribution in [2.24, 2.45) is 0 Å². The number of benzene rings is 2. The molecule has 30 heavy (non-hydrogen) atoms. The molecule has 1 aliphatic rings. The molecule has 162 valence electrons. The van der Waals surface area contributed by atoms with Crippen LogP contribution in [0.5, 0.6) is 5.75 Å². The Hall–Kier alpha value is -2.16. The minimum Gasteiger partial charge on any atom is -0.497 e. The molecule has 0 aromatic heterocycles. The van der Waals surface area contributed by atoms with Gasteiger partial charge in [-0.2, -0.15) is 4.31 Å². The summed E-state index contributed by atoms with van der Waals surface area (Å²) in [5, 5.41) is 3.89. The molecule has 1 heterocycles. The lowest BCUT2D eigenvalue weighted by atomic mass is 9.99. The van der Waals surface area contributed by atoms with E-state index in [9.17, 15) is 8.42 Å². The van der Waals surface area contributed by atoms with Gasteiger partial charge in [0.15, 0.2) is 5.11 Å². The summed E-state index contributed by atoms with van der Waals surface area (Å²) in [5.74, 6) is 1.17. The lowest BCUT2D eigenvalue weighted by Crippen LogP contribution is -2.51. The van der Waals surface area contributed by atoms with E-state index in [1.807, 2.05) is 17.0 Å². The molecular formula is C22H29N3O3S2. The molecule has 0 bridgehead atoms. The first kappa shape index (κ1) is 22.5. The monoisotopic (exact) mass is 447 g/mol. The van der Waals surface area contributed by atoms with Crippen molar-refractivity contribution in [2.75, 3.05) is 38.6 Å². The number of hydrogen-bond donors (Lipinski definition) is 1. The molecule has 0 spiro atoms. The van der Waals surface area contributed by atoms with Crippen LogP contribution in [0.4, 0.5) is 5.69 Å². The third kappa shape index (κ3) is 5.11. The van der Waals surface area contributed by atoms with E-state index < -0.39 is 10.0 Å². The van der Waals surface area contributed by atoms with Gasteiger partial charge in [-0.15, -0.1) is 0 Å². The van der Waals surface area contributed by atoms with Crippen LogP contribution in [0.2, 0.25) is 0 Å². The molecule has 0 aliphatic carbocycles. The summed E-state index contributed by atoms with van der Waals surface area (Å²) < 4.78 is 32.4. The van der Waals surface area contributed by atoms with Crippen molar-refractivity contribution in [3.8, 4) is 5.75 Å². The van der Waals surface area contributed by atoms with Crippen molar-refractivity contribution in [1.82, 2.24) is 9.21 Å². The zero-order chi connectivity index (χ0) is 21.7. The molecule has 8 heteroatoms. The molecule has 1 saturated heterocycles. The summed E-state index contributed by atoms with van der Waals surface area (Å²) in [5.41, 5.74) is 2.26. The standard InChI is InChI=1S/C22H29N3O3S2/c1-4-17(2)18-5-7-19(8-6-18)23-22(29)24-13-15-25(16-14-24)30(26,27)21-11-9-20(28-3)10-12-21/h5-12,17H,4,13-16H2,1-3H3,(H,23,29). The number of sulfonamides is 1. The van der Waals surface area contributed by atoms with Crippen LogP contribution in [0.3, 0.4) is 0 Å². The highest BCUT2D eigenvalue weighted by molar-refractivity contribution is 7.89. The normalized spacial score (nSPS) is 16.2. The van der Waals surface area contributed by atoms with Gasteiger partial charge in [-0.1, -0.05) is 26.0 Å². The van der Waals surface area contributed by atoms with Gasteiger partial charge < -0.3 is 15.0 Å². The number of piperazine rings is 1. The number of thiocarbonyl (C=S) groups is 1. The maximum atomic E-state index is 12.9. The number of ether oxygens (including phenoxy) is 1. The van der Waals surface area contributed by atoms with E-state index in [1.54, 1.807) is 31.4 Å². The second kappa shape index (κ2) is 9.76. The van der Waals surface area contributed by atoms with E-state index in [0.29, 0.717) is 43.0 Å². The lowest BCUT2D eigenvalue weighted by molar-refractivity contribution is 0.268. The van der Waals surface area contributed by atoms with Crippen molar-refractivity contribution >= 4 is 33.0 Å². The first-order valence-corrected chi connectivity index (χ1v) is 12.0. The zero-order valence-electron chi connectivity index (χ0n) is 17.7. The smallest absolute Gasteiger partial charge is 0.243 e. The molecule has 1 fully saturated rings. The van der Waals surface area contributed by atoms with Crippen LogP contribution in [-0.4, -0.2) is 56.0 Å². The Morgan fingerprint density at radius 2 is 1.67 bits per heavy atom. The summed E-state index contributed by atoms with van der Waals surface area (Å²) in [7, 11) is -1.97. The number of nitrogens with one attached hydrogen (secondary N) is 1. The Morgan fingerprint density at radius 1 is 1.07 bits per heavy atom. The second-order valence-electron chi connectivity index (χ2n) is 7.43. The van der Waals surface area contributed by atoms with Crippen LogP contribution >= 0.6 is 12.2 Å². The predicted molar refractivity (Wildman–Crippen MR) is 125 cm³/mol. The Morgan fingerprint density at radius 3 is 2.20 bits per heavy atom. The number of nitrogens with zero attached hydrogens (tertiary/aromatic N) is 2. The van der Waals surface area contributed by atoms with Crippen LogP contribution in [0.1, 0.15) is 31.7 Å². The average Bonchev–Trinajstić information content (AvgIpc) is 2.79. The van der Waals surface area contributed by atoms with Crippen molar-refractivity contribution < 1.29 is 13.2 Å². The van der Waals surface area contributed by atoms with Crippen LogP contribution in [0, 0.1) is 0 Å². The second-order valence-corrected chi connectivity index (χ2v) is 9.75. The van der Waals surface area contributed by atoms with Crippen molar-refractivity contribution in [1.29, 1.82) is 0 Å². The zero-order valence-corrected chi connectivity index (χ0v) is 19.3. The third-order valence-electron chi connectivity index (χ3n) is 5.57. The van der Waals surface area contributed by atoms with Crippen LogP contribution in [-0.2, 0) is 10.0 Å². The third-order valence-corrected chi connectivity index (χ3v) is 7.84. The Labute approximate surface area is 184 Å². The van der Waals surface area contributed by atoms with E-state index >= 15 is 0 Å². The molecule has 3 rings (SSSR count). The molecule has 0 amide bonds. The van der Waals surface area contributed by atoms with E-state index in [0.717, 1.165) is 12.1 Å². The molecular weight excluding hydrogens is 418 g/mol. The topological polar surface area (TPSA) is 61.9 Å².